The van der Waals surface area contributed by atoms with Crippen molar-refractivity contribution < 1.29 is 18.8 Å². The van der Waals surface area contributed by atoms with Gasteiger partial charge in [-0.3, -0.25) is 14.4 Å². The SMILES string of the molecule is C=CC(C)(C)C1CCC(c2cccc(F)c2)N1C(=O)CNC(=O)c1ccc(C/C(=C/C(C)=N)C(N)=O)c(C)c1. The summed E-state index contributed by atoms with van der Waals surface area (Å²) in [5.74, 6) is -1.61. The van der Waals surface area contributed by atoms with E-state index in [0.29, 0.717) is 17.6 Å². The maximum absolute atomic E-state index is 14.0. The van der Waals surface area contributed by atoms with Gasteiger partial charge >= 0.3 is 0 Å². The zero-order valence-corrected chi connectivity index (χ0v) is 23.0. The van der Waals surface area contributed by atoms with Gasteiger partial charge in [0.15, 0.2) is 0 Å². The number of nitrogens with zero attached hydrogens (tertiary/aromatic N) is 1. The lowest BCUT2D eigenvalue weighted by molar-refractivity contribution is -0.134. The molecule has 1 fully saturated rings. The Hall–Kier alpha value is -4.07. The summed E-state index contributed by atoms with van der Waals surface area (Å²) in [6.45, 7) is 11.2. The maximum Gasteiger partial charge on any atom is 0.251 e. The summed E-state index contributed by atoms with van der Waals surface area (Å²) in [4.78, 5) is 40.0. The van der Waals surface area contributed by atoms with E-state index in [4.69, 9.17) is 11.1 Å². The van der Waals surface area contributed by atoms with Crippen LogP contribution in [0.5, 0.6) is 0 Å². The molecule has 2 aromatic carbocycles. The normalized spacial score (nSPS) is 17.6. The predicted molar refractivity (Wildman–Crippen MR) is 151 cm³/mol. The van der Waals surface area contributed by atoms with Crippen molar-refractivity contribution in [3.63, 3.8) is 0 Å². The van der Waals surface area contributed by atoms with Gasteiger partial charge in [0.1, 0.15) is 5.82 Å². The van der Waals surface area contributed by atoms with E-state index in [0.717, 1.165) is 23.1 Å². The van der Waals surface area contributed by atoms with E-state index in [2.05, 4.69) is 11.9 Å². The largest absolute Gasteiger partial charge is 0.366 e. The molecule has 7 nitrogen and oxygen atoms in total. The number of hydrogen-bond acceptors (Lipinski definition) is 4. The second-order valence-electron chi connectivity index (χ2n) is 10.7. The molecule has 1 aliphatic heterocycles. The molecular formula is C31H37FN4O3. The van der Waals surface area contributed by atoms with Crippen LogP contribution in [-0.4, -0.2) is 40.9 Å². The minimum absolute atomic E-state index is 0.147. The minimum Gasteiger partial charge on any atom is -0.366 e. The zero-order valence-electron chi connectivity index (χ0n) is 23.0. The number of primary amides is 1. The predicted octanol–water partition coefficient (Wildman–Crippen LogP) is 4.80. The summed E-state index contributed by atoms with van der Waals surface area (Å²) in [7, 11) is 0. The van der Waals surface area contributed by atoms with Crippen LogP contribution in [0.4, 0.5) is 4.39 Å². The molecule has 2 aromatic rings. The van der Waals surface area contributed by atoms with Crippen molar-refractivity contribution in [3.05, 3.63) is 94.8 Å². The number of hydrogen-bond donors (Lipinski definition) is 3. The van der Waals surface area contributed by atoms with Crippen molar-refractivity contribution in [1.29, 1.82) is 5.41 Å². The first-order valence-electron chi connectivity index (χ1n) is 13.0. The van der Waals surface area contributed by atoms with Crippen LogP contribution in [0.15, 0.2) is 66.8 Å². The van der Waals surface area contributed by atoms with Crippen LogP contribution in [0.2, 0.25) is 0 Å². The minimum atomic E-state index is -0.599. The van der Waals surface area contributed by atoms with Gasteiger partial charge in [-0.2, -0.15) is 0 Å². The number of nitrogens with one attached hydrogen (secondary N) is 2. The van der Waals surface area contributed by atoms with Gasteiger partial charge in [0, 0.05) is 34.7 Å². The summed E-state index contributed by atoms with van der Waals surface area (Å²) < 4.78 is 14.0. The third-order valence-electron chi connectivity index (χ3n) is 7.38. The fourth-order valence-electron chi connectivity index (χ4n) is 5.13. The summed E-state index contributed by atoms with van der Waals surface area (Å²) in [6, 6.07) is 10.9. The van der Waals surface area contributed by atoms with Gasteiger partial charge in [0.2, 0.25) is 11.8 Å². The molecule has 3 rings (SSSR count). The first-order chi connectivity index (χ1) is 18.3. The Balaban J connectivity index is 1.76. The molecule has 2 atom stereocenters. The Labute approximate surface area is 229 Å². The third kappa shape index (κ3) is 7.07. The topological polar surface area (TPSA) is 116 Å². The van der Waals surface area contributed by atoms with E-state index in [1.54, 1.807) is 36.1 Å². The summed E-state index contributed by atoms with van der Waals surface area (Å²) in [6.07, 6.45) is 4.93. The van der Waals surface area contributed by atoms with Crippen molar-refractivity contribution in [2.75, 3.05) is 6.54 Å². The Morgan fingerprint density at radius 3 is 2.51 bits per heavy atom. The van der Waals surface area contributed by atoms with Gasteiger partial charge in [-0.15, -0.1) is 6.58 Å². The van der Waals surface area contributed by atoms with Gasteiger partial charge in [-0.05, 0) is 73.7 Å². The molecule has 8 heteroatoms. The number of allylic oxidation sites excluding steroid dienone is 1. The monoisotopic (exact) mass is 532 g/mol. The molecular weight excluding hydrogens is 495 g/mol. The van der Waals surface area contributed by atoms with Crippen LogP contribution in [0.25, 0.3) is 0 Å². The number of carbonyl (C=O) groups excluding carboxylic acids is 3. The number of likely N-dealkylation sites (tertiary alicyclic amines) is 1. The first kappa shape index (κ1) is 29.5. The van der Waals surface area contributed by atoms with Crippen molar-refractivity contribution in [3.8, 4) is 0 Å². The van der Waals surface area contributed by atoms with Crippen LogP contribution < -0.4 is 11.1 Å². The molecule has 1 saturated heterocycles. The second-order valence-corrected chi connectivity index (χ2v) is 10.7. The lowest BCUT2D eigenvalue weighted by atomic mass is 9.83. The molecule has 0 aromatic heterocycles. The van der Waals surface area contributed by atoms with Crippen LogP contribution in [0.1, 0.15) is 66.7 Å². The Kier molecular flexibility index (Phi) is 9.22. The quantitative estimate of drug-likeness (QED) is 0.232. The zero-order chi connectivity index (χ0) is 28.9. The van der Waals surface area contributed by atoms with Gasteiger partial charge < -0.3 is 21.4 Å². The fraction of sp³-hybridized carbons (Fsp3) is 0.355. The average molecular weight is 533 g/mol. The summed E-state index contributed by atoms with van der Waals surface area (Å²) in [5, 5.41) is 10.3. The third-order valence-corrected chi connectivity index (χ3v) is 7.38. The van der Waals surface area contributed by atoms with Crippen molar-refractivity contribution in [2.45, 2.75) is 59.0 Å². The molecule has 0 bridgehead atoms. The first-order valence-corrected chi connectivity index (χ1v) is 13.0. The molecule has 0 saturated carbocycles. The van der Waals surface area contributed by atoms with Crippen LogP contribution in [-0.2, 0) is 16.0 Å². The molecule has 0 radical (unpaired) electrons. The smallest absolute Gasteiger partial charge is 0.251 e. The molecule has 206 valence electrons. The highest BCUT2D eigenvalue weighted by Gasteiger charge is 2.43. The molecule has 0 spiro atoms. The standard InChI is InChI=1S/C31H37FN4O3/c1-6-31(4,5)27-13-12-26(22-8-7-9-25(32)17-22)36(27)28(37)18-35-30(39)23-11-10-21(19(2)14-23)16-24(29(34)38)15-20(3)33/h6-11,14-15,17,26-27,33H,1,12-13,16,18H2,2-5H3,(H2,34,38)(H,35,39)/b24-15-,33-20?. The van der Waals surface area contributed by atoms with E-state index in [9.17, 15) is 18.8 Å². The number of amides is 3. The lowest BCUT2D eigenvalue weighted by Crippen LogP contribution is -2.48. The number of rotatable bonds is 10. The number of halogens is 1. The van der Waals surface area contributed by atoms with Gasteiger partial charge in [0.25, 0.3) is 5.91 Å². The summed E-state index contributed by atoms with van der Waals surface area (Å²) in [5.41, 5.74) is 8.30. The highest BCUT2D eigenvalue weighted by atomic mass is 19.1. The van der Waals surface area contributed by atoms with Crippen molar-refractivity contribution in [2.24, 2.45) is 11.1 Å². The van der Waals surface area contributed by atoms with E-state index >= 15 is 0 Å². The fourth-order valence-corrected chi connectivity index (χ4v) is 5.13. The van der Waals surface area contributed by atoms with Crippen LogP contribution in [0.3, 0.4) is 0 Å². The van der Waals surface area contributed by atoms with Crippen LogP contribution >= 0.6 is 0 Å². The van der Waals surface area contributed by atoms with Gasteiger partial charge in [0.05, 0.1) is 12.6 Å². The molecule has 1 heterocycles. The van der Waals surface area contributed by atoms with Crippen LogP contribution in [0, 0.1) is 23.6 Å². The maximum atomic E-state index is 14.0. The molecule has 3 amide bonds. The average Bonchev–Trinajstić information content (AvgIpc) is 3.34. The summed E-state index contributed by atoms with van der Waals surface area (Å²) >= 11 is 0. The number of carbonyl (C=O) groups is 3. The van der Waals surface area contributed by atoms with Gasteiger partial charge in [-0.25, -0.2) is 4.39 Å². The van der Waals surface area contributed by atoms with Crippen molar-refractivity contribution >= 4 is 23.4 Å². The van der Waals surface area contributed by atoms with Crippen molar-refractivity contribution in [1.82, 2.24) is 10.2 Å². The molecule has 2 unspecified atom stereocenters. The number of benzene rings is 2. The molecule has 39 heavy (non-hydrogen) atoms. The number of aryl methyl sites for hydroxylation is 1. The Morgan fingerprint density at radius 1 is 1.21 bits per heavy atom. The highest BCUT2D eigenvalue weighted by Crippen LogP contribution is 2.43. The Morgan fingerprint density at radius 2 is 1.92 bits per heavy atom. The van der Waals surface area contributed by atoms with E-state index in [1.165, 1.54) is 18.2 Å². The molecule has 0 aliphatic carbocycles. The second kappa shape index (κ2) is 12.2. The molecule has 1 aliphatic rings. The lowest BCUT2D eigenvalue weighted by Gasteiger charge is -2.38. The Bertz CT molecular complexity index is 1330. The molecule has 4 N–H and O–H groups in total. The van der Waals surface area contributed by atoms with Gasteiger partial charge in [-0.1, -0.05) is 38.1 Å². The van der Waals surface area contributed by atoms with E-state index in [1.807, 2.05) is 32.9 Å². The van der Waals surface area contributed by atoms with E-state index < -0.39 is 11.8 Å². The number of nitrogens with two attached hydrogens (primary N) is 1. The highest BCUT2D eigenvalue weighted by molar-refractivity contribution is 6.01. The van der Waals surface area contributed by atoms with E-state index in [-0.39, 0.29) is 47.9 Å².